The minimum Gasteiger partial charge on any atom is -0.366 e. The van der Waals surface area contributed by atoms with Crippen LogP contribution < -0.4 is 10.5 Å². The first kappa shape index (κ1) is 22.0. The second kappa shape index (κ2) is 8.06. The molecule has 2 aromatic heterocycles. The average molecular weight is 478 g/mol. The molecule has 2 saturated heterocycles. The normalized spacial score (nSPS) is 22.1. The summed E-state index contributed by atoms with van der Waals surface area (Å²) in [5, 5.41) is 3.93. The van der Waals surface area contributed by atoms with Crippen LogP contribution in [0.5, 0.6) is 0 Å². The highest BCUT2D eigenvalue weighted by Gasteiger charge is 2.34. The van der Waals surface area contributed by atoms with Gasteiger partial charge in [-0.1, -0.05) is 11.6 Å². The fraction of sp³-hybridized carbons (Fsp3) is 0.500. The minimum absolute atomic E-state index is 0.0134. The lowest BCUT2D eigenvalue weighted by atomic mass is 10.2. The Labute approximate surface area is 181 Å². The molecule has 0 N–H and O–H groups in total. The van der Waals surface area contributed by atoms with E-state index in [1.165, 1.54) is 6.20 Å². The maximum absolute atomic E-state index is 12.7. The molecule has 168 valence electrons. The Morgan fingerprint density at radius 2 is 1.81 bits per heavy atom. The molecule has 0 aliphatic carbocycles. The molecule has 0 spiro atoms. The highest BCUT2D eigenvalue weighted by molar-refractivity contribution is 7.91. The molecule has 0 radical (unpaired) electrons. The van der Waals surface area contributed by atoms with Crippen molar-refractivity contribution >= 4 is 27.1 Å². The molecular formula is C18H19ClF3N5O3S. The van der Waals surface area contributed by atoms with Crippen molar-refractivity contribution in [2.45, 2.75) is 18.6 Å². The molecule has 4 rings (SSSR count). The zero-order chi connectivity index (χ0) is 22.4. The van der Waals surface area contributed by atoms with E-state index in [1.807, 2.05) is 4.90 Å². The van der Waals surface area contributed by atoms with Crippen molar-refractivity contribution < 1.29 is 21.6 Å². The van der Waals surface area contributed by atoms with Crippen molar-refractivity contribution in [1.82, 2.24) is 19.7 Å². The maximum Gasteiger partial charge on any atom is 0.417 e. The summed E-state index contributed by atoms with van der Waals surface area (Å²) in [5.74, 6) is 0.314. The van der Waals surface area contributed by atoms with E-state index in [9.17, 15) is 26.4 Å². The molecule has 2 fully saturated rings. The lowest BCUT2D eigenvalue weighted by Crippen LogP contribution is -2.51. The Bertz CT molecular complexity index is 1130. The number of alkyl halides is 3. The molecule has 0 bridgehead atoms. The van der Waals surface area contributed by atoms with Crippen molar-refractivity contribution in [1.29, 1.82) is 0 Å². The van der Waals surface area contributed by atoms with Crippen LogP contribution in [-0.2, 0) is 16.0 Å². The van der Waals surface area contributed by atoms with Gasteiger partial charge in [0.15, 0.2) is 15.7 Å². The van der Waals surface area contributed by atoms with Crippen molar-refractivity contribution in [3.05, 3.63) is 45.5 Å². The van der Waals surface area contributed by atoms with Crippen molar-refractivity contribution in [2.24, 2.45) is 0 Å². The van der Waals surface area contributed by atoms with Gasteiger partial charge >= 0.3 is 6.18 Å². The number of pyridine rings is 1. The second-order valence-electron chi connectivity index (χ2n) is 7.54. The van der Waals surface area contributed by atoms with E-state index in [0.717, 1.165) is 16.8 Å². The summed E-state index contributed by atoms with van der Waals surface area (Å²) in [6.45, 7) is 2.33. The van der Waals surface area contributed by atoms with E-state index in [0.29, 0.717) is 44.5 Å². The van der Waals surface area contributed by atoms with Crippen LogP contribution in [0.15, 0.2) is 29.3 Å². The Balaban J connectivity index is 1.49. The van der Waals surface area contributed by atoms with E-state index in [2.05, 4.69) is 15.0 Å². The molecule has 4 heterocycles. The van der Waals surface area contributed by atoms with Gasteiger partial charge in [0.25, 0.3) is 5.56 Å². The van der Waals surface area contributed by atoms with Gasteiger partial charge < -0.3 is 4.90 Å². The number of nitrogens with zero attached hydrogens (tertiary/aromatic N) is 5. The highest BCUT2D eigenvalue weighted by Crippen LogP contribution is 2.29. The van der Waals surface area contributed by atoms with Crippen molar-refractivity contribution in [2.75, 3.05) is 42.6 Å². The minimum atomic E-state index is -4.53. The zero-order valence-electron chi connectivity index (χ0n) is 16.2. The zero-order valence-corrected chi connectivity index (χ0v) is 17.8. The first-order valence-corrected chi connectivity index (χ1v) is 11.8. The molecule has 13 heteroatoms. The van der Waals surface area contributed by atoms with Crippen LogP contribution in [0.3, 0.4) is 0 Å². The van der Waals surface area contributed by atoms with Gasteiger partial charge in [-0.3, -0.25) is 9.69 Å². The van der Waals surface area contributed by atoms with Crippen LogP contribution in [0.1, 0.15) is 12.0 Å². The number of sulfone groups is 1. The number of piperazine rings is 1. The molecule has 2 aromatic rings. The fourth-order valence-corrected chi connectivity index (χ4v) is 5.89. The number of aromatic nitrogens is 3. The van der Waals surface area contributed by atoms with Crippen LogP contribution >= 0.6 is 11.6 Å². The highest BCUT2D eigenvalue weighted by atomic mass is 35.5. The van der Waals surface area contributed by atoms with Gasteiger partial charge in [0.1, 0.15) is 5.02 Å². The second-order valence-corrected chi connectivity index (χ2v) is 10.2. The maximum atomic E-state index is 12.7. The first-order chi connectivity index (χ1) is 14.5. The van der Waals surface area contributed by atoms with Crippen LogP contribution in [-0.4, -0.2) is 71.8 Å². The molecule has 8 nitrogen and oxygen atoms in total. The van der Waals surface area contributed by atoms with Gasteiger partial charge in [-0.25, -0.2) is 13.4 Å². The summed E-state index contributed by atoms with van der Waals surface area (Å²) in [6, 6.07) is 1.89. The first-order valence-electron chi connectivity index (χ1n) is 9.56. The van der Waals surface area contributed by atoms with Gasteiger partial charge in [0.05, 0.1) is 29.0 Å². The van der Waals surface area contributed by atoms with Crippen molar-refractivity contribution in [3.8, 4) is 5.82 Å². The van der Waals surface area contributed by atoms with E-state index >= 15 is 0 Å². The van der Waals surface area contributed by atoms with E-state index in [-0.39, 0.29) is 28.4 Å². The topological polar surface area (TPSA) is 88.4 Å². The SMILES string of the molecule is O=c1c(Cl)c(N2CCN([C@H]3CCS(=O)(=O)C3)CC2)cnn1-c1ccc(C(F)(F)F)cn1. The molecule has 0 unspecified atom stereocenters. The summed E-state index contributed by atoms with van der Waals surface area (Å²) in [6.07, 6.45) is -1.89. The third-order valence-electron chi connectivity index (χ3n) is 5.57. The summed E-state index contributed by atoms with van der Waals surface area (Å²) < 4.78 is 62.4. The third kappa shape index (κ3) is 4.55. The smallest absolute Gasteiger partial charge is 0.366 e. The molecule has 0 saturated carbocycles. The van der Waals surface area contributed by atoms with Crippen LogP contribution in [0.25, 0.3) is 5.82 Å². The van der Waals surface area contributed by atoms with Crippen LogP contribution in [0.4, 0.5) is 18.9 Å². The predicted octanol–water partition coefficient (Wildman–Crippen LogP) is 1.61. The van der Waals surface area contributed by atoms with Crippen molar-refractivity contribution in [3.63, 3.8) is 0 Å². The Morgan fingerprint density at radius 3 is 2.35 bits per heavy atom. The molecular weight excluding hydrogens is 459 g/mol. The number of hydrogen-bond donors (Lipinski definition) is 0. The third-order valence-corrected chi connectivity index (χ3v) is 7.68. The summed E-state index contributed by atoms with van der Waals surface area (Å²) in [5.41, 5.74) is -1.19. The van der Waals surface area contributed by atoms with E-state index in [1.54, 1.807) is 0 Å². The predicted molar refractivity (Wildman–Crippen MR) is 108 cm³/mol. The Morgan fingerprint density at radius 1 is 1.10 bits per heavy atom. The molecule has 0 aromatic carbocycles. The number of halogens is 4. The summed E-state index contributed by atoms with van der Waals surface area (Å²) in [4.78, 5) is 20.4. The lowest BCUT2D eigenvalue weighted by molar-refractivity contribution is -0.137. The number of anilines is 1. The van der Waals surface area contributed by atoms with Crippen LogP contribution in [0, 0.1) is 0 Å². The molecule has 31 heavy (non-hydrogen) atoms. The molecule has 0 amide bonds. The van der Waals surface area contributed by atoms with Gasteiger partial charge in [-0.15, -0.1) is 0 Å². The molecule has 1 atom stereocenters. The fourth-order valence-electron chi connectivity index (χ4n) is 3.88. The molecule has 2 aliphatic rings. The lowest BCUT2D eigenvalue weighted by Gasteiger charge is -2.38. The largest absolute Gasteiger partial charge is 0.417 e. The standard InChI is InChI=1S/C18H19ClF3N5O3S/c19-16-14(26-6-4-25(5-7-26)13-3-8-31(29,30)11-13)10-24-27(17(16)28)15-2-1-12(9-23-15)18(20,21)22/h1-2,9-10,13H,3-8,11H2/t13-/m0/s1. The monoisotopic (exact) mass is 477 g/mol. The van der Waals surface area contributed by atoms with Gasteiger partial charge in [-0.2, -0.15) is 23.0 Å². The van der Waals surface area contributed by atoms with Crippen LogP contribution in [0.2, 0.25) is 5.02 Å². The Hall–Kier alpha value is -2.18. The van der Waals surface area contributed by atoms with Gasteiger partial charge in [0, 0.05) is 38.4 Å². The number of rotatable bonds is 3. The summed E-state index contributed by atoms with van der Waals surface area (Å²) in [7, 11) is -2.96. The number of hydrogen-bond acceptors (Lipinski definition) is 7. The average Bonchev–Trinajstić information content (AvgIpc) is 3.09. The van der Waals surface area contributed by atoms with Gasteiger partial charge in [0.2, 0.25) is 0 Å². The van der Waals surface area contributed by atoms with Gasteiger partial charge in [-0.05, 0) is 18.6 Å². The quantitative estimate of drug-likeness (QED) is 0.663. The van der Waals surface area contributed by atoms with E-state index < -0.39 is 27.1 Å². The van der Waals surface area contributed by atoms with E-state index in [4.69, 9.17) is 11.6 Å². The molecule has 2 aliphatic heterocycles. The Kier molecular flexibility index (Phi) is 5.73. The summed E-state index contributed by atoms with van der Waals surface area (Å²) >= 11 is 6.27.